The Balaban J connectivity index is 3.17. The van der Waals surface area contributed by atoms with E-state index < -0.39 is 11.9 Å². The second kappa shape index (κ2) is 7.11. The number of hydrogen-bond donors (Lipinski definition) is 3. The number of carbonyl (C=O) groups excluding carboxylic acids is 2. The van der Waals surface area contributed by atoms with Crippen LogP contribution in [-0.4, -0.2) is 38.7 Å². The predicted octanol–water partition coefficient (Wildman–Crippen LogP) is 1.05. The SMILES string of the molecule is CCC(COC)Nc1sc(C(=O)OC)c(N)c1C(N)=O. The van der Waals surface area contributed by atoms with E-state index in [1.165, 1.54) is 7.11 Å². The van der Waals surface area contributed by atoms with Crippen molar-refractivity contribution in [3.8, 4) is 0 Å². The summed E-state index contributed by atoms with van der Waals surface area (Å²) in [5.41, 5.74) is 11.3. The van der Waals surface area contributed by atoms with Crippen LogP contribution in [0.4, 0.5) is 10.7 Å². The number of anilines is 2. The molecule has 0 fully saturated rings. The topological polar surface area (TPSA) is 117 Å². The molecule has 0 aliphatic rings. The summed E-state index contributed by atoms with van der Waals surface area (Å²) in [5, 5.41) is 3.58. The number of methoxy groups -OCH3 is 2. The molecule has 1 atom stereocenters. The fourth-order valence-corrected chi connectivity index (χ4v) is 2.80. The van der Waals surface area contributed by atoms with Gasteiger partial charge in [0.2, 0.25) is 0 Å². The molecular formula is C12H19N3O4S. The molecule has 0 saturated heterocycles. The Hall–Kier alpha value is -1.80. The quantitative estimate of drug-likeness (QED) is 0.648. The molecule has 1 rings (SSSR count). The van der Waals surface area contributed by atoms with E-state index in [0.717, 1.165) is 17.8 Å². The fourth-order valence-electron chi connectivity index (χ4n) is 1.68. The molecule has 5 N–H and O–H groups in total. The number of amides is 1. The Morgan fingerprint density at radius 1 is 1.40 bits per heavy atom. The van der Waals surface area contributed by atoms with E-state index in [2.05, 4.69) is 10.1 Å². The van der Waals surface area contributed by atoms with Crippen LogP contribution in [0.5, 0.6) is 0 Å². The lowest BCUT2D eigenvalue weighted by molar-refractivity contribution is 0.0607. The van der Waals surface area contributed by atoms with Crippen LogP contribution in [0.15, 0.2) is 0 Å². The third-order valence-corrected chi connectivity index (χ3v) is 3.88. The molecule has 0 aromatic carbocycles. The van der Waals surface area contributed by atoms with Crippen LogP contribution in [0.2, 0.25) is 0 Å². The molecule has 0 spiro atoms. The first-order chi connectivity index (χ1) is 9.46. The minimum absolute atomic E-state index is 0.0124. The van der Waals surface area contributed by atoms with Crippen molar-refractivity contribution in [2.24, 2.45) is 5.73 Å². The zero-order valence-corrected chi connectivity index (χ0v) is 12.5. The molecule has 0 bridgehead atoms. The number of ether oxygens (including phenoxy) is 2. The van der Waals surface area contributed by atoms with E-state index in [0.29, 0.717) is 11.6 Å². The molecule has 112 valence electrons. The zero-order chi connectivity index (χ0) is 15.3. The molecule has 0 aliphatic carbocycles. The normalized spacial score (nSPS) is 11.9. The number of carbonyl (C=O) groups is 2. The highest BCUT2D eigenvalue weighted by Crippen LogP contribution is 2.36. The number of thiophene rings is 1. The third-order valence-electron chi connectivity index (χ3n) is 2.76. The largest absolute Gasteiger partial charge is 0.465 e. The van der Waals surface area contributed by atoms with Crippen molar-refractivity contribution in [2.45, 2.75) is 19.4 Å². The van der Waals surface area contributed by atoms with Gasteiger partial charge in [0, 0.05) is 13.2 Å². The molecule has 0 saturated carbocycles. The molecule has 0 radical (unpaired) electrons. The summed E-state index contributed by atoms with van der Waals surface area (Å²) in [6.07, 6.45) is 0.775. The molecule has 1 aromatic rings. The van der Waals surface area contributed by atoms with Crippen LogP contribution in [0, 0.1) is 0 Å². The van der Waals surface area contributed by atoms with Gasteiger partial charge in [-0.25, -0.2) is 4.79 Å². The number of nitrogens with two attached hydrogens (primary N) is 2. The fraction of sp³-hybridized carbons (Fsp3) is 0.500. The predicted molar refractivity (Wildman–Crippen MR) is 78.2 cm³/mol. The van der Waals surface area contributed by atoms with Crippen molar-refractivity contribution in [2.75, 3.05) is 31.9 Å². The van der Waals surface area contributed by atoms with Crippen LogP contribution >= 0.6 is 11.3 Å². The number of nitrogens with one attached hydrogen (secondary N) is 1. The summed E-state index contributed by atoms with van der Waals surface area (Å²) in [6.45, 7) is 2.43. The van der Waals surface area contributed by atoms with Crippen molar-refractivity contribution in [3.05, 3.63) is 10.4 Å². The summed E-state index contributed by atoms with van der Waals surface area (Å²) in [6, 6.07) is -0.0124. The van der Waals surface area contributed by atoms with Gasteiger partial charge in [0.1, 0.15) is 9.88 Å². The van der Waals surface area contributed by atoms with Crippen molar-refractivity contribution in [1.29, 1.82) is 0 Å². The van der Waals surface area contributed by atoms with Gasteiger partial charge in [-0.15, -0.1) is 11.3 Å². The summed E-state index contributed by atoms with van der Waals surface area (Å²) >= 11 is 1.05. The van der Waals surface area contributed by atoms with Crippen molar-refractivity contribution >= 4 is 33.9 Å². The average Bonchev–Trinajstić information content (AvgIpc) is 2.74. The van der Waals surface area contributed by atoms with E-state index in [1.54, 1.807) is 7.11 Å². The van der Waals surface area contributed by atoms with Gasteiger partial charge in [-0.2, -0.15) is 0 Å². The Morgan fingerprint density at radius 2 is 2.05 bits per heavy atom. The summed E-state index contributed by atoms with van der Waals surface area (Å²) in [7, 11) is 2.83. The summed E-state index contributed by atoms with van der Waals surface area (Å²) in [4.78, 5) is 23.3. The van der Waals surface area contributed by atoms with Crippen LogP contribution in [0.1, 0.15) is 33.4 Å². The lowest BCUT2D eigenvalue weighted by atomic mass is 10.2. The molecule has 1 aromatic heterocycles. The van der Waals surface area contributed by atoms with Gasteiger partial charge in [0.05, 0.1) is 25.0 Å². The van der Waals surface area contributed by atoms with E-state index in [1.807, 2.05) is 6.92 Å². The van der Waals surface area contributed by atoms with Gasteiger partial charge in [0.15, 0.2) is 0 Å². The number of nitrogen functional groups attached to an aromatic ring is 1. The molecule has 1 amide bonds. The zero-order valence-electron chi connectivity index (χ0n) is 11.7. The van der Waals surface area contributed by atoms with E-state index in [-0.39, 0.29) is 22.2 Å². The molecular weight excluding hydrogens is 282 g/mol. The molecule has 7 nitrogen and oxygen atoms in total. The first-order valence-electron chi connectivity index (χ1n) is 6.02. The maximum absolute atomic E-state index is 11.6. The van der Waals surface area contributed by atoms with Crippen LogP contribution in [-0.2, 0) is 9.47 Å². The van der Waals surface area contributed by atoms with Crippen molar-refractivity contribution < 1.29 is 19.1 Å². The van der Waals surface area contributed by atoms with Gasteiger partial charge in [-0.3, -0.25) is 4.79 Å². The van der Waals surface area contributed by atoms with Crippen molar-refractivity contribution in [1.82, 2.24) is 0 Å². The molecule has 20 heavy (non-hydrogen) atoms. The third kappa shape index (κ3) is 3.40. The Morgan fingerprint density at radius 3 is 2.50 bits per heavy atom. The smallest absolute Gasteiger partial charge is 0.350 e. The number of primary amides is 1. The van der Waals surface area contributed by atoms with E-state index >= 15 is 0 Å². The van der Waals surface area contributed by atoms with Gasteiger partial charge in [-0.1, -0.05) is 6.92 Å². The molecule has 0 aliphatic heterocycles. The van der Waals surface area contributed by atoms with Gasteiger partial charge in [0.25, 0.3) is 5.91 Å². The molecule has 1 unspecified atom stereocenters. The maximum atomic E-state index is 11.6. The van der Waals surface area contributed by atoms with Gasteiger partial charge < -0.3 is 26.3 Å². The van der Waals surface area contributed by atoms with Crippen molar-refractivity contribution in [3.63, 3.8) is 0 Å². The lowest BCUT2D eigenvalue weighted by Gasteiger charge is -2.16. The highest BCUT2D eigenvalue weighted by molar-refractivity contribution is 7.19. The maximum Gasteiger partial charge on any atom is 0.350 e. The highest BCUT2D eigenvalue weighted by Gasteiger charge is 2.25. The lowest BCUT2D eigenvalue weighted by Crippen LogP contribution is -2.25. The first kappa shape index (κ1) is 16.3. The molecule has 1 heterocycles. The number of rotatable bonds is 7. The number of hydrogen-bond acceptors (Lipinski definition) is 7. The second-order valence-corrected chi connectivity index (χ2v) is 5.13. The summed E-state index contributed by atoms with van der Waals surface area (Å²) in [5.74, 6) is -1.29. The Labute approximate surface area is 121 Å². The highest BCUT2D eigenvalue weighted by atomic mass is 32.1. The molecule has 8 heteroatoms. The minimum Gasteiger partial charge on any atom is -0.465 e. The number of esters is 1. The van der Waals surface area contributed by atoms with Crippen LogP contribution in [0.3, 0.4) is 0 Å². The van der Waals surface area contributed by atoms with Gasteiger partial charge >= 0.3 is 5.97 Å². The van der Waals surface area contributed by atoms with Gasteiger partial charge in [-0.05, 0) is 6.42 Å². The van der Waals surface area contributed by atoms with E-state index in [4.69, 9.17) is 16.2 Å². The minimum atomic E-state index is -0.691. The average molecular weight is 301 g/mol. The second-order valence-electron chi connectivity index (χ2n) is 4.11. The summed E-state index contributed by atoms with van der Waals surface area (Å²) < 4.78 is 9.71. The van der Waals surface area contributed by atoms with E-state index in [9.17, 15) is 9.59 Å². The van der Waals surface area contributed by atoms with Crippen LogP contribution in [0.25, 0.3) is 0 Å². The Bertz CT molecular complexity index is 501. The van der Waals surface area contributed by atoms with Crippen LogP contribution < -0.4 is 16.8 Å². The monoisotopic (exact) mass is 301 g/mol. The Kier molecular flexibility index (Phi) is 5.78. The standard InChI is InChI=1S/C12H19N3O4S/c1-4-6(5-18-2)15-11-7(10(14)16)8(13)9(20-11)12(17)19-3/h6,15H,4-5,13H2,1-3H3,(H2,14,16). The first-order valence-corrected chi connectivity index (χ1v) is 6.83.